The smallest absolute Gasteiger partial charge is 0.326 e. The molecule has 0 radical (unpaired) electrons. The summed E-state index contributed by atoms with van der Waals surface area (Å²) in [6, 6.07) is -0.921. The molecule has 1 unspecified atom stereocenters. The molecule has 0 bridgehead atoms. The zero-order valence-corrected chi connectivity index (χ0v) is 11.4. The van der Waals surface area contributed by atoms with Gasteiger partial charge in [-0.25, -0.2) is 13.2 Å². The quantitative estimate of drug-likeness (QED) is 0.738. The highest BCUT2D eigenvalue weighted by molar-refractivity contribution is 7.91. The summed E-state index contributed by atoms with van der Waals surface area (Å²) in [5.41, 5.74) is 0. The minimum absolute atomic E-state index is 0.0276. The topological polar surface area (TPSA) is 101 Å². The van der Waals surface area contributed by atoms with Crippen molar-refractivity contribution < 1.29 is 23.1 Å². The number of hydrogen-bond acceptors (Lipinski definition) is 4. The summed E-state index contributed by atoms with van der Waals surface area (Å²) < 4.78 is 22.5. The number of rotatable bonds is 5. The number of sulfone groups is 1. The summed E-state index contributed by atoms with van der Waals surface area (Å²) >= 11 is 0. The summed E-state index contributed by atoms with van der Waals surface area (Å²) in [4.78, 5) is 22.6. The molecule has 0 spiro atoms. The van der Waals surface area contributed by atoms with Gasteiger partial charge < -0.3 is 10.4 Å². The zero-order valence-electron chi connectivity index (χ0n) is 10.5. The molecule has 6 nitrogen and oxygen atoms in total. The minimum Gasteiger partial charge on any atom is -0.480 e. The van der Waals surface area contributed by atoms with Gasteiger partial charge in [0.15, 0.2) is 9.84 Å². The second-order valence-corrected chi connectivity index (χ2v) is 7.33. The van der Waals surface area contributed by atoms with Crippen molar-refractivity contribution in [3.63, 3.8) is 0 Å². The summed E-state index contributed by atoms with van der Waals surface area (Å²) in [6.45, 7) is 3.41. The highest BCUT2D eigenvalue weighted by Crippen LogP contribution is 2.21. The molecule has 104 valence electrons. The number of amides is 1. The van der Waals surface area contributed by atoms with Crippen molar-refractivity contribution in [2.45, 2.75) is 32.7 Å². The molecule has 0 aliphatic carbocycles. The van der Waals surface area contributed by atoms with Crippen LogP contribution in [0.15, 0.2) is 0 Å². The molecule has 1 amide bonds. The monoisotopic (exact) mass is 277 g/mol. The highest BCUT2D eigenvalue weighted by atomic mass is 32.2. The maximum absolute atomic E-state index is 11.7. The second-order valence-electron chi connectivity index (χ2n) is 5.10. The lowest BCUT2D eigenvalue weighted by atomic mass is 10.0. The van der Waals surface area contributed by atoms with Crippen LogP contribution < -0.4 is 5.32 Å². The van der Waals surface area contributed by atoms with Gasteiger partial charge in [-0.2, -0.15) is 0 Å². The van der Waals surface area contributed by atoms with E-state index in [9.17, 15) is 18.0 Å². The Morgan fingerprint density at radius 2 is 2.00 bits per heavy atom. The first kappa shape index (κ1) is 14.9. The third-order valence-electron chi connectivity index (χ3n) is 3.05. The lowest BCUT2D eigenvalue weighted by Gasteiger charge is -2.18. The third kappa shape index (κ3) is 4.29. The first-order valence-electron chi connectivity index (χ1n) is 5.94. The van der Waals surface area contributed by atoms with Gasteiger partial charge in [-0.3, -0.25) is 4.79 Å². The number of carbonyl (C=O) groups excluding carboxylic acids is 1. The number of carboxylic acids is 1. The van der Waals surface area contributed by atoms with Crippen molar-refractivity contribution in [1.82, 2.24) is 5.32 Å². The molecular weight excluding hydrogens is 258 g/mol. The molecule has 18 heavy (non-hydrogen) atoms. The van der Waals surface area contributed by atoms with Crippen LogP contribution in [0.5, 0.6) is 0 Å². The lowest BCUT2D eigenvalue weighted by molar-refractivity contribution is -0.143. The lowest BCUT2D eigenvalue weighted by Crippen LogP contribution is -2.44. The van der Waals surface area contributed by atoms with E-state index in [0.29, 0.717) is 6.42 Å². The molecule has 1 saturated heterocycles. The van der Waals surface area contributed by atoms with E-state index < -0.39 is 27.8 Å². The van der Waals surface area contributed by atoms with Crippen LogP contribution in [0.4, 0.5) is 0 Å². The van der Waals surface area contributed by atoms with Gasteiger partial charge >= 0.3 is 5.97 Å². The first-order chi connectivity index (χ1) is 8.21. The van der Waals surface area contributed by atoms with Gasteiger partial charge in [-0.05, 0) is 18.3 Å². The van der Waals surface area contributed by atoms with Crippen LogP contribution in [0.3, 0.4) is 0 Å². The van der Waals surface area contributed by atoms with Gasteiger partial charge in [0.2, 0.25) is 5.91 Å². The first-order valence-corrected chi connectivity index (χ1v) is 7.76. The van der Waals surface area contributed by atoms with E-state index in [2.05, 4.69) is 5.32 Å². The van der Waals surface area contributed by atoms with Crippen molar-refractivity contribution in [3.8, 4) is 0 Å². The van der Waals surface area contributed by atoms with Crippen LogP contribution >= 0.6 is 0 Å². The van der Waals surface area contributed by atoms with Crippen LogP contribution in [-0.2, 0) is 19.4 Å². The maximum Gasteiger partial charge on any atom is 0.326 e. The fourth-order valence-corrected chi connectivity index (χ4v) is 3.90. The largest absolute Gasteiger partial charge is 0.480 e. The molecule has 2 N–H and O–H groups in total. The molecule has 1 aliphatic heterocycles. The summed E-state index contributed by atoms with van der Waals surface area (Å²) in [5, 5.41) is 11.4. The Balaban J connectivity index is 2.49. The van der Waals surface area contributed by atoms with Crippen LogP contribution in [-0.4, -0.2) is 42.9 Å². The molecule has 1 rings (SSSR count). The number of nitrogens with one attached hydrogen (secondary N) is 1. The molecule has 0 aromatic carbocycles. The average molecular weight is 277 g/mol. The maximum atomic E-state index is 11.7. The van der Waals surface area contributed by atoms with Crippen molar-refractivity contribution in [3.05, 3.63) is 0 Å². The van der Waals surface area contributed by atoms with Crippen LogP contribution in [0.1, 0.15) is 26.7 Å². The Morgan fingerprint density at radius 1 is 1.39 bits per heavy atom. The van der Waals surface area contributed by atoms with Crippen LogP contribution in [0, 0.1) is 11.8 Å². The van der Waals surface area contributed by atoms with Crippen molar-refractivity contribution in [2.75, 3.05) is 11.5 Å². The fourth-order valence-electron chi connectivity index (χ4n) is 2.04. The Kier molecular flexibility index (Phi) is 4.72. The number of carbonyl (C=O) groups is 2. The van der Waals surface area contributed by atoms with Crippen molar-refractivity contribution in [1.29, 1.82) is 0 Å². The third-order valence-corrected chi connectivity index (χ3v) is 4.89. The van der Waals surface area contributed by atoms with Crippen molar-refractivity contribution >= 4 is 21.7 Å². The highest BCUT2D eigenvalue weighted by Gasteiger charge is 2.31. The fraction of sp³-hybridized carbons (Fsp3) is 0.818. The van der Waals surface area contributed by atoms with E-state index in [1.54, 1.807) is 13.8 Å². The van der Waals surface area contributed by atoms with Gasteiger partial charge in [-0.1, -0.05) is 13.8 Å². The number of hydrogen-bond donors (Lipinski definition) is 2. The predicted octanol–water partition coefficient (Wildman–Crippen LogP) is 0.0366. The minimum atomic E-state index is -3.00. The molecule has 1 fully saturated rings. The van der Waals surface area contributed by atoms with E-state index in [-0.39, 0.29) is 29.8 Å². The zero-order chi connectivity index (χ0) is 13.9. The van der Waals surface area contributed by atoms with Crippen LogP contribution in [0.25, 0.3) is 0 Å². The van der Waals surface area contributed by atoms with Gasteiger partial charge in [0, 0.05) is 6.42 Å². The average Bonchev–Trinajstić information content (AvgIpc) is 2.53. The Hall–Kier alpha value is -1.11. The molecule has 1 heterocycles. The number of carboxylic acid groups (broad SMARTS) is 1. The second kappa shape index (κ2) is 5.69. The number of aliphatic carboxylic acids is 1. The summed E-state index contributed by atoms with van der Waals surface area (Å²) in [5.74, 6) is -1.71. The molecule has 2 atom stereocenters. The van der Waals surface area contributed by atoms with Crippen molar-refractivity contribution in [2.24, 2.45) is 11.8 Å². The van der Waals surface area contributed by atoms with Crippen LogP contribution in [0.2, 0.25) is 0 Å². The van der Waals surface area contributed by atoms with E-state index >= 15 is 0 Å². The van der Waals surface area contributed by atoms with E-state index in [1.807, 2.05) is 0 Å². The predicted molar refractivity (Wildman–Crippen MR) is 65.8 cm³/mol. The van der Waals surface area contributed by atoms with E-state index in [4.69, 9.17) is 5.11 Å². The Labute approximate surface area is 107 Å². The molecule has 0 saturated carbocycles. The molecule has 0 aromatic rings. The summed E-state index contributed by atoms with van der Waals surface area (Å²) in [7, 11) is -3.00. The normalized spacial score (nSPS) is 23.8. The van der Waals surface area contributed by atoms with Gasteiger partial charge in [0.05, 0.1) is 11.5 Å². The SMILES string of the molecule is CC(C)[C@@H](NC(=O)CC1CCS(=O)(=O)C1)C(=O)O. The molecule has 0 aromatic heterocycles. The Bertz CT molecular complexity index is 429. The summed E-state index contributed by atoms with van der Waals surface area (Å²) in [6.07, 6.45) is 0.560. The molecule has 7 heteroatoms. The van der Waals surface area contributed by atoms with Gasteiger partial charge in [-0.15, -0.1) is 0 Å². The molecule has 1 aliphatic rings. The van der Waals surface area contributed by atoms with Gasteiger partial charge in [0.1, 0.15) is 6.04 Å². The standard InChI is InChI=1S/C11H19NO5S/c1-7(2)10(11(14)15)12-9(13)5-8-3-4-18(16,17)6-8/h7-8,10H,3-6H2,1-2H3,(H,12,13)(H,14,15)/t8?,10-/m1/s1. The van der Waals surface area contributed by atoms with Gasteiger partial charge in [0.25, 0.3) is 0 Å². The molecular formula is C11H19NO5S. The van der Waals surface area contributed by atoms with E-state index in [1.165, 1.54) is 0 Å². The van der Waals surface area contributed by atoms with E-state index in [0.717, 1.165) is 0 Å². The Morgan fingerprint density at radius 3 is 2.39 bits per heavy atom.